The Bertz CT molecular complexity index is 468. The van der Waals surface area contributed by atoms with Gasteiger partial charge < -0.3 is 20.1 Å². The summed E-state index contributed by atoms with van der Waals surface area (Å²) >= 11 is 0. The third kappa shape index (κ3) is 3.63. The van der Waals surface area contributed by atoms with Crippen molar-refractivity contribution in [2.45, 2.75) is 25.8 Å². The lowest BCUT2D eigenvalue weighted by molar-refractivity contribution is -0.134. The Morgan fingerprint density at radius 1 is 1.35 bits per heavy atom. The van der Waals surface area contributed by atoms with Gasteiger partial charge in [0.2, 0.25) is 0 Å². The Hall–Kier alpha value is -1.75. The predicted octanol–water partition coefficient (Wildman–Crippen LogP) is 1.33. The van der Waals surface area contributed by atoms with Crippen LogP contribution in [0.4, 0.5) is 0 Å². The van der Waals surface area contributed by atoms with Crippen molar-refractivity contribution >= 4 is 5.91 Å². The minimum atomic E-state index is -0.000437. The van der Waals surface area contributed by atoms with Crippen LogP contribution < -0.4 is 15.2 Å². The van der Waals surface area contributed by atoms with Crippen LogP contribution in [0.5, 0.6) is 11.5 Å². The summed E-state index contributed by atoms with van der Waals surface area (Å²) in [7, 11) is 1.59. The van der Waals surface area contributed by atoms with Gasteiger partial charge in [0.15, 0.2) is 18.1 Å². The summed E-state index contributed by atoms with van der Waals surface area (Å²) in [6.45, 7) is 3.45. The monoisotopic (exact) mass is 278 g/mol. The number of ether oxygens (including phenoxy) is 2. The highest BCUT2D eigenvalue weighted by Crippen LogP contribution is 2.27. The number of rotatable bonds is 4. The fourth-order valence-corrected chi connectivity index (χ4v) is 2.27. The molecule has 5 nitrogen and oxygen atoms in total. The number of methoxy groups -OCH3 is 1. The van der Waals surface area contributed by atoms with E-state index in [-0.39, 0.29) is 18.6 Å². The molecular weight excluding hydrogens is 256 g/mol. The second-order valence-electron chi connectivity index (χ2n) is 5.16. The SMILES string of the molecule is COc1cc(C)ccc1OCC(=O)N1CCC(N)CC1. The van der Waals surface area contributed by atoms with Gasteiger partial charge in [-0.2, -0.15) is 0 Å². The van der Waals surface area contributed by atoms with E-state index in [4.69, 9.17) is 15.2 Å². The van der Waals surface area contributed by atoms with Crippen LogP contribution in [-0.2, 0) is 4.79 Å². The van der Waals surface area contributed by atoms with Gasteiger partial charge in [0.1, 0.15) is 0 Å². The van der Waals surface area contributed by atoms with Crippen molar-refractivity contribution in [3.8, 4) is 11.5 Å². The minimum Gasteiger partial charge on any atom is -0.493 e. The first kappa shape index (κ1) is 14.7. The maximum absolute atomic E-state index is 12.1. The molecule has 0 aliphatic carbocycles. The van der Waals surface area contributed by atoms with Gasteiger partial charge in [-0.15, -0.1) is 0 Å². The van der Waals surface area contributed by atoms with Gasteiger partial charge in [-0.3, -0.25) is 4.79 Å². The highest BCUT2D eigenvalue weighted by atomic mass is 16.5. The number of piperidine rings is 1. The van der Waals surface area contributed by atoms with Crippen LogP contribution in [0, 0.1) is 6.92 Å². The fraction of sp³-hybridized carbons (Fsp3) is 0.533. The molecular formula is C15H22N2O3. The Labute approximate surface area is 119 Å². The molecule has 0 bridgehead atoms. The van der Waals surface area contributed by atoms with E-state index < -0.39 is 0 Å². The van der Waals surface area contributed by atoms with Gasteiger partial charge in [0.05, 0.1) is 7.11 Å². The third-order valence-corrected chi connectivity index (χ3v) is 3.56. The van der Waals surface area contributed by atoms with Crippen LogP contribution in [0.3, 0.4) is 0 Å². The van der Waals surface area contributed by atoms with Crippen LogP contribution in [0.1, 0.15) is 18.4 Å². The number of carbonyl (C=O) groups is 1. The van der Waals surface area contributed by atoms with Crippen LogP contribution >= 0.6 is 0 Å². The lowest BCUT2D eigenvalue weighted by Crippen LogP contribution is -2.44. The Balaban J connectivity index is 1.90. The topological polar surface area (TPSA) is 64.8 Å². The number of benzene rings is 1. The molecule has 0 radical (unpaired) electrons. The van der Waals surface area contributed by atoms with E-state index in [0.29, 0.717) is 24.6 Å². The summed E-state index contributed by atoms with van der Waals surface area (Å²) < 4.78 is 10.8. The zero-order chi connectivity index (χ0) is 14.5. The van der Waals surface area contributed by atoms with Crippen LogP contribution in [0.25, 0.3) is 0 Å². The van der Waals surface area contributed by atoms with Gasteiger partial charge in [-0.1, -0.05) is 6.07 Å². The zero-order valence-electron chi connectivity index (χ0n) is 12.1. The fourth-order valence-electron chi connectivity index (χ4n) is 2.27. The first-order valence-corrected chi connectivity index (χ1v) is 6.91. The van der Waals surface area contributed by atoms with Crippen molar-refractivity contribution in [2.24, 2.45) is 5.73 Å². The van der Waals surface area contributed by atoms with E-state index in [1.165, 1.54) is 0 Å². The van der Waals surface area contributed by atoms with Crippen LogP contribution in [-0.4, -0.2) is 43.7 Å². The molecule has 1 aliphatic rings. The molecule has 1 amide bonds. The van der Waals surface area contributed by atoms with Gasteiger partial charge in [0.25, 0.3) is 5.91 Å². The van der Waals surface area contributed by atoms with Crippen molar-refractivity contribution in [3.05, 3.63) is 23.8 Å². The second-order valence-corrected chi connectivity index (χ2v) is 5.16. The van der Waals surface area contributed by atoms with E-state index >= 15 is 0 Å². The minimum absolute atomic E-state index is 0.000437. The molecule has 5 heteroatoms. The number of hydrogen-bond donors (Lipinski definition) is 1. The van der Waals surface area contributed by atoms with Gasteiger partial charge in [-0.25, -0.2) is 0 Å². The molecule has 2 rings (SSSR count). The van der Waals surface area contributed by atoms with Crippen molar-refractivity contribution in [1.82, 2.24) is 4.90 Å². The average molecular weight is 278 g/mol. The molecule has 0 atom stereocenters. The molecule has 0 aromatic heterocycles. The normalized spacial score (nSPS) is 16.1. The number of amides is 1. The quantitative estimate of drug-likeness (QED) is 0.902. The molecule has 0 unspecified atom stereocenters. The number of hydrogen-bond acceptors (Lipinski definition) is 4. The molecule has 1 saturated heterocycles. The molecule has 2 N–H and O–H groups in total. The van der Waals surface area contributed by atoms with Crippen molar-refractivity contribution < 1.29 is 14.3 Å². The number of nitrogens with zero attached hydrogens (tertiary/aromatic N) is 1. The van der Waals surface area contributed by atoms with E-state index in [2.05, 4.69) is 0 Å². The van der Waals surface area contributed by atoms with Crippen LogP contribution in [0.2, 0.25) is 0 Å². The summed E-state index contributed by atoms with van der Waals surface area (Å²) in [5.41, 5.74) is 6.92. The molecule has 1 aromatic carbocycles. The predicted molar refractivity (Wildman–Crippen MR) is 77.0 cm³/mol. The maximum Gasteiger partial charge on any atom is 0.260 e. The lowest BCUT2D eigenvalue weighted by atomic mass is 10.1. The summed E-state index contributed by atoms with van der Waals surface area (Å²) in [5.74, 6) is 1.25. The summed E-state index contributed by atoms with van der Waals surface area (Å²) in [6.07, 6.45) is 1.72. The standard InChI is InChI=1S/C15H22N2O3/c1-11-3-4-13(14(9-11)19-2)20-10-15(18)17-7-5-12(16)6-8-17/h3-4,9,12H,5-8,10,16H2,1-2H3. The van der Waals surface area contributed by atoms with Crippen molar-refractivity contribution in [1.29, 1.82) is 0 Å². The number of carbonyl (C=O) groups excluding carboxylic acids is 1. The van der Waals surface area contributed by atoms with E-state index in [1.54, 1.807) is 7.11 Å². The highest BCUT2D eigenvalue weighted by Gasteiger charge is 2.21. The summed E-state index contributed by atoms with van der Waals surface area (Å²) in [5, 5.41) is 0. The smallest absolute Gasteiger partial charge is 0.260 e. The second kappa shape index (κ2) is 6.61. The number of nitrogens with two attached hydrogens (primary N) is 1. The first-order valence-electron chi connectivity index (χ1n) is 6.91. The largest absolute Gasteiger partial charge is 0.493 e. The van der Waals surface area contributed by atoms with Gasteiger partial charge in [-0.05, 0) is 37.5 Å². The Morgan fingerprint density at radius 2 is 2.05 bits per heavy atom. The van der Waals surface area contributed by atoms with Crippen molar-refractivity contribution in [3.63, 3.8) is 0 Å². The maximum atomic E-state index is 12.1. The molecule has 1 aromatic rings. The van der Waals surface area contributed by atoms with Gasteiger partial charge >= 0.3 is 0 Å². The van der Waals surface area contributed by atoms with Crippen LogP contribution in [0.15, 0.2) is 18.2 Å². The van der Waals surface area contributed by atoms with Gasteiger partial charge in [0, 0.05) is 19.1 Å². The molecule has 0 spiro atoms. The molecule has 1 aliphatic heterocycles. The average Bonchev–Trinajstić information content (AvgIpc) is 2.46. The molecule has 20 heavy (non-hydrogen) atoms. The van der Waals surface area contributed by atoms with E-state index in [0.717, 1.165) is 18.4 Å². The van der Waals surface area contributed by atoms with E-state index in [9.17, 15) is 4.79 Å². The number of likely N-dealkylation sites (tertiary alicyclic amines) is 1. The Kier molecular flexibility index (Phi) is 4.84. The summed E-state index contributed by atoms with van der Waals surface area (Å²) in [4.78, 5) is 13.9. The lowest BCUT2D eigenvalue weighted by Gasteiger charge is -2.30. The third-order valence-electron chi connectivity index (χ3n) is 3.56. The summed E-state index contributed by atoms with van der Waals surface area (Å²) in [6, 6.07) is 5.87. The first-order chi connectivity index (χ1) is 9.60. The zero-order valence-corrected chi connectivity index (χ0v) is 12.1. The molecule has 1 heterocycles. The highest BCUT2D eigenvalue weighted by molar-refractivity contribution is 5.78. The van der Waals surface area contributed by atoms with E-state index in [1.807, 2.05) is 30.0 Å². The number of aryl methyl sites for hydroxylation is 1. The molecule has 1 fully saturated rings. The molecule has 110 valence electrons. The Morgan fingerprint density at radius 3 is 2.70 bits per heavy atom. The molecule has 0 saturated carbocycles. The van der Waals surface area contributed by atoms with Crippen molar-refractivity contribution in [2.75, 3.05) is 26.8 Å².